The number of aromatic nitrogens is 1. The van der Waals surface area contributed by atoms with Gasteiger partial charge in [0.25, 0.3) is 0 Å². The first kappa shape index (κ1) is 17.4. The number of rotatable bonds is 5. The van der Waals surface area contributed by atoms with E-state index in [1.807, 2.05) is 59.8 Å². The third kappa shape index (κ3) is 3.75. The van der Waals surface area contributed by atoms with Crippen molar-refractivity contribution in [2.75, 3.05) is 13.7 Å². The fraction of sp³-hybridized carbons (Fsp3) is 0.261. The highest BCUT2D eigenvalue weighted by Gasteiger charge is 2.29. The first-order chi connectivity index (χ1) is 13.2. The summed E-state index contributed by atoms with van der Waals surface area (Å²) >= 11 is 0. The van der Waals surface area contributed by atoms with Crippen molar-refractivity contribution in [2.45, 2.75) is 25.3 Å². The minimum atomic E-state index is 0.145. The predicted molar refractivity (Wildman–Crippen MR) is 106 cm³/mol. The number of carbonyl (C=O) groups is 1. The molecule has 4 nitrogen and oxygen atoms in total. The van der Waals surface area contributed by atoms with Gasteiger partial charge in [-0.1, -0.05) is 24.3 Å². The van der Waals surface area contributed by atoms with Crippen molar-refractivity contribution < 1.29 is 9.53 Å². The molecule has 3 aromatic rings. The van der Waals surface area contributed by atoms with E-state index in [1.54, 1.807) is 7.11 Å². The Morgan fingerprint density at radius 2 is 1.85 bits per heavy atom. The number of ether oxygens (including phenoxy) is 1. The molecular weight excluding hydrogens is 336 g/mol. The maximum Gasteiger partial charge on any atom is 0.227 e. The fourth-order valence-electron chi connectivity index (χ4n) is 3.83. The Hall–Kier alpha value is -3.01. The Morgan fingerprint density at radius 3 is 2.59 bits per heavy atom. The Balaban J connectivity index is 1.47. The van der Waals surface area contributed by atoms with E-state index in [4.69, 9.17) is 4.74 Å². The molecule has 0 N–H and O–H groups in total. The summed E-state index contributed by atoms with van der Waals surface area (Å²) < 4.78 is 7.40. The van der Waals surface area contributed by atoms with Crippen molar-refractivity contribution in [1.82, 2.24) is 9.47 Å². The van der Waals surface area contributed by atoms with Crippen molar-refractivity contribution in [3.05, 3.63) is 84.2 Å². The maximum atomic E-state index is 13.0. The number of amides is 1. The third-order valence-corrected chi connectivity index (χ3v) is 5.25. The van der Waals surface area contributed by atoms with Crippen LogP contribution in [0, 0.1) is 0 Å². The van der Waals surface area contributed by atoms with E-state index in [0.29, 0.717) is 6.42 Å². The van der Waals surface area contributed by atoms with Crippen LogP contribution in [0.3, 0.4) is 0 Å². The van der Waals surface area contributed by atoms with Crippen LogP contribution in [-0.4, -0.2) is 29.0 Å². The largest absolute Gasteiger partial charge is 0.497 e. The number of hydrogen-bond donors (Lipinski definition) is 0. The molecule has 1 aliphatic heterocycles. The van der Waals surface area contributed by atoms with Crippen LogP contribution >= 0.6 is 0 Å². The van der Waals surface area contributed by atoms with Gasteiger partial charge >= 0.3 is 0 Å². The summed E-state index contributed by atoms with van der Waals surface area (Å²) in [6, 6.07) is 20.4. The zero-order valence-corrected chi connectivity index (χ0v) is 15.5. The summed E-state index contributed by atoms with van der Waals surface area (Å²) in [5.41, 5.74) is 3.31. The van der Waals surface area contributed by atoms with E-state index in [2.05, 4.69) is 22.8 Å². The Labute approximate surface area is 160 Å². The lowest BCUT2D eigenvalue weighted by Crippen LogP contribution is -2.31. The Morgan fingerprint density at radius 1 is 1.07 bits per heavy atom. The highest BCUT2D eigenvalue weighted by atomic mass is 16.5. The molecule has 4 heteroatoms. The summed E-state index contributed by atoms with van der Waals surface area (Å²) in [6.07, 6.45) is 6.52. The Bertz CT molecular complexity index is 900. The first-order valence-corrected chi connectivity index (χ1v) is 9.40. The fourth-order valence-corrected chi connectivity index (χ4v) is 3.83. The molecule has 27 heavy (non-hydrogen) atoms. The topological polar surface area (TPSA) is 34.5 Å². The number of likely N-dealkylation sites (tertiary alicyclic amines) is 1. The minimum absolute atomic E-state index is 0.145. The van der Waals surface area contributed by atoms with Gasteiger partial charge in [-0.15, -0.1) is 0 Å². The molecule has 2 heterocycles. The molecule has 1 unspecified atom stereocenters. The van der Waals surface area contributed by atoms with Crippen LogP contribution in [0.15, 0.2) is 73.1 Å². The predicted octanol–water partition coefficient (Wildman–Crippen LogP) is 4.39. The molecule has 1 amide bonds. The quantitative estimate of drug-likeness (QED) is 0.676. The van der Waals surface area contributed by atoms with Gasteiger partial charge in [-0.05, 0) is 60.4 Å². The zero-order valence-electron chi connectivity index (χ0n) is 15.5. The SMILES string of the molecule is COc1cccc(C2CCCN2C(=O)Cc2ccc(-n3cccc3)cc2)c1. The van der Waals surface area contributed by atoms with Crippen LogP contribution in [0.2, 0.25) is 0 Å². The van der Waals surface area contributed by atoms with Gasteiger partial charge in [0, 0.05) is 24.6 Å². The smallest absolute Gasteiger partial charge is 0.227 e. The normalized spacial score (nSPS) is 16.5. The molecule has 0 aliphatic carbocycles. The van der Waals surface area contributed by atoms with Crippen molar-refractivity contribution >= 4 is 5.91 Å². The van der Waals surface area contributed by atoms with E-state index < -0.39 is 0 Å². The lowest BCUT2D eigenvalue weighted by molar-refractivity contribution is -0.131. The van der Waals surface area contributed by atoms with Gasteiger partial charge < -0.3 is 14.2 Å². The molecule has 1 saturated heterocycles. The summed E-state index contributed by atoms with van der Waals surface area (Å²) in [5.74, 6) is 1.03. The average Bonchev–Trinajstić information content (AvgIpc) is 3.40. The van der Waals surface area contributed by atoms with Crippen molar-refractivity contribution in [3.63, 3.8) is 0 Å². The lowest BCUT2D eigenvalue weighted by atomic mass is 10.0. The van der Waals surface area contributed by atoms with Crippen LogP contribution in [0.5, 0.6) is 5.75 Å². The molecule has 2 aromatic carbocycles. The summed E-state index contributed by atoms with van der Waals surface area (Å²) in [7, 11) is 1.67. The number of methoxy groups -OCH3 is 1. The standard InChI is InChI=1S/C23H24N2O2/c1-27-21-7-4-6-19(17-21)22-8-5-15-25(22)23(26)16-18-9-11-20(12-10-18)24-13-2-3-14-24/h2-4,6-7,9-14,17,22H,5,8,15-16H2,1H3. The minimum Gasteiger partial charge on any atom is -0.497 e. The molecular formula is C23H24N2O2. The van der Waals surface area contributed by atoms with Gasteiger partial charge in [0.1, 0.15) is 5.75 Å². The molecule has 0 spiro atoms. The summed E-state index contributed by atoms with van der Waals surface area (Å²) in [4.78, 5) is 15.0. The molecule has 1 atom stereocenters. The molecule has 0 bridgehead atoms. The van der Waals surface area contributed by atoms with Crippen LogP contribution in [0.1, 0.15) is 30.0 Å². The third-order valence-electron chi connectivity index (χ3n) is 5.25. The number of hydrogen-bond acceptors (Lipinski definition) is 2. The maximum absolute atomic E-state index is 13.0. The van der Waals surface area contributed by atoms with Gasteiger partial charge in [-0.25, -0.2) is 0 Å². The van der Waals surface area contributed by atoms with Crippen LogP contribution in [0.4, 0.5) is 0 Å². The van der Waals surface area contributed by atoms with E-state index >= 15 is 0 Å². The van der Waals surface area contributed by atoms with Crippen LogP contribution in [-0.2, 0) is 11.2 Å². The molecule has 0 radical (unpaired) electrons. The summed E-state index contributed by atoms with van der Waals surface area (Å²) in [5, 5.41) is 0. The molecule has 138 valence electrons. The molecule has 1 fully saturated rings. The zero-order chi connectivity index (χ0) is 18.6. The van der Waals surface area contributed by atoms with Crippen LogP contribution < -0.4 is 4.74 Å². The highest BCUT2D eigenvalue weighted by Crippen LogP contribution is 2.33. The average molecular weight is 360 g/mol. The number of benzene rings is 2. The van der Waals surface area contributed by atoms with Crippen LogP contribution in [0.25, 0.3) is 5.69 Å². The summed E-state index contributed by atoms with van der Waals surface area (Å²) in [6.45, 7) is 0.822. The second-order valence-corrected chi connectivity index (χ2v) is 6.96. The monoisotopic (exact) mass is 360 g/mol. The molecule has 1 aliphatic rings. The second kappa shape index (κ2) is 7.70. The van der Waals surface area contributed by atoms with E-state index in [-0.39, 0.29) is 11.9 Å². The van der Waals surface area contributed by atoms with Gasteiger partial charge in [-0.3, -0.25) is 4.79 Å². The van der Waals surface area contributed by atoms with Gasteiger partial charge in [0.15, 0.2) is 0 Å². The van der Waals surface area contributed by atoms with Gasteiger partial charge in [0.2, 0.25) is 5.91 Å². The van der Waals surface area contributed by atoms with Gasteiger partial charge in [-0.2, -0.15) is 0 Å². The van der Waals surface area contributed by atoms with Crippen molar-refractivity contribution in [3.8, 4) is 11.4 Å². The van der Waals surface area contributed by atoms with E-state index in [1.165, 1.54) is 0 Å². The first-order valence-electron chi connectivity index (χ1n) is 9.40. The highest BCUT2D eigenvalue weighted by molar-refractivity contribution is 5.79. The van der Waals surface area contributed by atoms with Gasteiger partial charge in [0.05, 0.1) is 19.6 Å². The molecule has 4 rings (SSSR count). The van der Waals surface area contributed by atoms with Crippen molar-refractivity contribution in [2.24, 2.45) is 0 Å². The second-order valence-electron chi connectivity index (χ2n) is 6.96. The Kier molecular flexibility index (Phi) is 4.97. The van der Waals surface area contributed by atoms with E-state index in [9.17, 15) is 4.79 Å². The molecule has 1 aromatic heterocycles. The van der Waals surface area contributed by atoms with Crippen molar-refractivity contribution in [1.29, 1.82) is 0 Å². The number of nitrogens with zero attached hydrogens (tertiary/aromatic N) is 2. The van der Waals surface area contributed by atoms with E-state index in [0.717, 1.165) is 42.0 Å². The number of carbonyl (C=O) groups excluding carboxylic acids is 1. The molecule has 0 saturated carbocycles. The lowest BCUT2D eigenvalue weighted by Gasteiger charge is -2.25.